The fourth-order valence-electron chi connectivity index (χ4n) is 2.61. The Kier molecular flexibility index (Phi) is 4.62. The minimum Gasteiger partial charge on any atom is -0.0622 e. The Hall–Kier alpha value is -1.31. The Bertz CT molecular complexity index is 646. The van der Waals surface area contributed by atoms with Crippen LogP contribution in [0.2, 0.25) is 0 Å². The van der Waals surface area contributed by atoms with Crippen LogP contribution in [0.4, 0.5) is 0 Å². The summed E-state index contributed by atoms with van der Waals surface area (Å²) in [6.45, 7) is -1.67. The molecule has 2 heteroatoms. The lowest BCUT2D eigenvalue weighted by Gasteiger charge is -2.27. The van der Waals surface area contributed by atoms with Crippen molar-refractivity contribution in [3.8, 4) is 0 Å². The molecule has 0 unspecified atom stereocenters. The van der Waals surface area contributed by atoms with Crippen LogP contribution in [0.15, 0.2) is 91.0 Å². The van der Waals surface area contributed by atoms with Crippen molar-refractivity contribution in [2.24, 2.45) is 0 Å². The second-order valence-electron chi connectivity index (χ2n) is 4.83. The molecule has 21 heavy (non-hydrogen) atoms. The minimum absolute atomic E-state index is 1.40. The van der Waals surface area contributed by atoms with E-state index in [0.29, 0.717) is 0 Å². The lowest BCUT2D eigenvalue weighted by molar-refractivity contribution is 1.73. The van der Waals surface area contributed by atoms with Crippen molar-refractivity contribution in [2.75, 3.05) is 0 Å². The fourth-order valence-corrected chi connectivity index (χ4v) is 8.66. The standard InChI is InChI=1S/C19H16IP/c20-16-21(17-10-4-1-5-11-17,18-12-6-2-7-13-18)19-14-8-3-9-15-19/h1-16H. The van der Waals surface area contributed by atoms with Gasteiger partial charge < -0.3 is 0 Å². The molecule has 0 heterocycles. The average Bonchev–Trinajstić information content (AvgIpc) is 2.59. The Morgan fingerprint density at radius 1 is 0.524 bits per heavy atom. The first-order valence-corrected chi connectivity index (χ1v) is 9.98. The van der Waals surface area contributed by atoms with Crippen LogP contribution in [-0.2, 0) is 0 Å². The Balaban J connectivity index is 2.35. The van der Waals surface area contributed by atoms with Crippen LogP contribution < -0.4 is 15.9 Å². The monoisotopic (exact) mass is 402 g/mol. The van der Waals surface area contributed by atoms with Gasteiger partial charge in [0.1, 0.15) is 0 Å². The van der Waals surface area contributed by atoms with E-state index in [0.717, 1.165) is 0 Å². The van der Waals surface area contributed by atoms with Gasteiger partial charge in [-0.15, -0.1) is 0 Å². The fraction of sp³-hybridized carbons (Fsp3) is 0. The highest BCUT2D eigenvalue weighted by Gasteiger charge is 2.23. The van der Waals surface area contributed by atoms with Crippen molar-refractivity contribution < 1.29 is 0 Å². The van der Waals surface area contributed by atoms with Crippen molar-refractivity contribution in [2.45, 2.75) is 0 Å². The molecule has 0 atom stereocenters. The van der Waals surface area contributed by atoms with E-state index in [1.165, 1.54) is 15.9 Å². The van der Waals surface area contributed by atoms with Crippen molar-refractivity contribution in [3.63, 3.8) is 0 Å². The van der Waals surface area contributed by atoms with Crippen molar-refractivity contribution in [1.29, 1.82) is 0 Å². The molecule has 0 N–H and O–H groups in total. The van der Waals surface area contributed by atoms with Gasteiger partial charge in [0.2, 0.25) is 0 Å². The van der Waals surface area contributed by atoms with Gasteiger partial charge in [-0.05, 0) is 26.6 Å². The molecule has 0 bridgehead atoms. The van der Waals surface area contributed by atoms with Gasteiger partial charge in [-0.3, -0.25) is 0 Å². The largest absolute Gasteiger partial charge is 0.0622 e. The molecule has 0 radical (unpaired) electrons. The lowest BCUT2D eigenvalue weighted by Crippen LogP contribution is -2.26. The Morgan fingerprint density at radius 2 is 0.810 bits per heavy atom. The third-order valence-electron chi connectivity index (χ3n) is 3.64. The summed E-state index contributed by atoms with van der Waals surface area (Å²) >= 11 is 2.44. The molecular weight excluding hydrogens is 386 g/mol. The van der Waals surface area contributed by atoms with E-state index < -0.39 is 6.89 Å². The summed E-state index contributed by atoms with van der Waals surface area (Å²) in [5.41, 5.74) is 0. The maximum Gasteiger partial charge on any atom is -0.0132 e. The minimum atomic E-state index is -1.67. The number of hydrogen-bond acceptors (Lipinski definition) is 0. The van der Waals surface area contributed by atoms with E-state index >= 15 is 0 Å². The Labute approximate surface area is 140 Å². The zero-order chi connectivity index (χ0) is 14.5. The van der Waals surface area contributed by atoms with Crippen LogP contribution in [0.3, 0.4) is 0 Å². The number of halogens is 1. The van der Waals surface area contributed by atoms with Crippen molar-refractivity contribution in [1.82, 2.24) is 0 Å². The van der Waals surface area contributed by atoms with Gasteiger partial charge in [0, 0.05) is 0 Å². The normalized spacial score (nSPS) is 11.1. The summed E-state index contributed by atoms with van der Waals surface area (Å²) in [6.07, 6.45) is 0. The SMILES string of the molecule is IC=P(c1ccccc1)(c1ccccc1)c1ccccc1. The van der Waals surface area contributed by atoms with Crippen LogP contribution in [0, 0.1) is 0 Å². The average molecular weight is 402 g/mol. The predicted molar refractivity (Wildman–Crippen MR) is 105 cm³/mol. The predicted octanol–water partition coefficient (Wildman–Crippen LogP) is 4.18. The zero-order valence-corrected chi connectivity index (χ0v) is 14.6. The second-order valence-corrected chi connectivity index (χ2v) is 9.69. The molecule has 0 spiro atoms. The van der Waals surface area contributed by atoms with Crippen LogP contribution in [0.1, 0.15) is 0 Å². The third kappa shape index (κ3) is 2.73. The molecular formula is C19H16IP. The maximum absolute atomic E-state index is 2.44. The first-order chi connectivity index (χ1) is 10.4. The Morgan fingerprint density at radius 3 is 1.05 bits per heavy atom. The zero-order valence-electron chi connectivity index (χ0n) is 11.6. The van der Waals surface area contributed by atoms with Gasteiger partial charge in [-0.2, -0.15) is 0 Å². The highest BCUT2D eigenvalue weighted by Crippen LogP contribution is 2.44. The topological polar surface area (TPSA) is 0 Å². The highest BCUT2D eigenvalue weighted by atomic mass is 127. The molecule has 0 fully saturated rings. The third-order valence-corrected chi connectivity index (χ3v) is 9.77. The van der Waals surface area contributed by atoms with Crippen LogP contribution >= 0.6 is 29.5 Å². The summed E-state index contributed by atoms with van der Waals surface area (Å²) in [7, 11) is 0. The molecule has 0 aromatic heterocycles. The number of benzene rings is 3. The molecule has 0 saturated carbocycles. The lowest BCUT2D eigenvalue weighted by atomic mass is 10.4. The molecule has 0 nitrogen and oxygen atoms in total. The summed E-state index contributed by atoms with van der Waals surface area (Å²) in [5.74, 6) is 0. The van der Waals surface area contributed by atoms with Crippen molar-refractivity contribution in [3.05, 3.63) is 91.0 Å². The van der Waals surface area contributed by atoms with Gasteiger partial charge in [0.15, 0.2) is 0 Å². The maximum atomic E-state index is 2.44. The number of hydrogen-bond donors (Lipinski definition) is 0. The molecule has 0 saturated heterocycles. The van der Waals surface area contributed by atoms with Crippen LogP contribution in [0.25, 0.3) is 0 Å². The van der Waals surface area contributed by atoms with Gasteiger partial charge in [0.05, 0.1) is 0 Å². The van der Waals surface area contributed by atoms with E-state index in [1.807, 2.05) is 0 Å². The van der Waals surface area contributed by atoms with Gasteiger partial charge in [0.25, 0.3) is 0 Å². The molecule has 0 aliphatic carbocycles. The van der Waals surface area contributed by atoms with E-state index in [1.54, 1.807) is 0 Å². The first-order valence-electron chi connectivity index (χ1n) is 6.88. The summed E-state index contributed by atoms with van der Waals surface area (Å²) in [4.78, 5) is 0. The summed E-state index contributed by atoms with van der Waals surface area (Å²) in [6, 6.07) is 32.6. The molecule has 0 amide bonds. The molecule has 0 aliphatic heterocycles. The molecule has 104 valence electrons. The van der Waals surface area contributed by atoms with Gasteiger partial charge in [-0.1, -0.05) is 114 Å². The summed E-state index contributed by atoms with van der Waals surface area (Å²) < 4.78 is 2.38. The second kappa shape index (κ2) is 6.64. The summed E-state index contributed by atoms with van der Waals surface area (Å²) in [5, 5.41) is 4.20. The van der Waals surface area contributed by atoms with E-state index in [-0.39, 0.29) is 0 Å². The van der Waals surface area contributed by atoms with Crippen LogP contribution in [0.5, 0.6) is 0 Å². The quantitative estimate of drug-likeness (QED) is 0.456. The molecule has 3 aromatic rings. The molecule has 0 aliphatic rings. The van der Waals surface area contributed by atoms with Gasteiger partial charge >= 0.3 is 0 Å². The van der Waals surface area contributed by atoms with E-state index in [4.69, 9.17) is 0 Å². The molecule has 3 aromatic carbocycles. The van der Waals surface area contributed by atoms with Crippen LogP contribution in [-0.4, -0.2) is 3.80 Å². The van der Waals surface area contributed by atoms with Crippen molar-refractivity contribution >= 4 is 49.2 Å². The first kappa shape index (κ1) is 14.6. The number of rotatable bonds is 3. The van der Waals surface area contributed by atoms with E-state index in [2.05, 4.69) is 117 Å². The van der Waals surface area contributed by atoms with Gasteiger partial charge in [-0.25, -0.2) is 0 Å². The smallest absolute Gasteiger partial charge is 0.0132 e. The molecule has 3 rings (SSSR count). The highest BCUT2D eigenvalue weighted by molar-refractivity contribution is 14.1. The van der Waals surface area contributed by atoms with E-state index in [9.17, 15) is 0 Å².